The zero-order chi connectivity index (χ0) is 17.9. The quantitative estimate of drug-likeness (QED) is 0.518. The lowest BCUT2D eigenvalue weighted by Gasteiger charge is -2.13. The molecule has 3 aromatic rings. The van der Waals surface area contributed by atoms with E-state index in [1.807, 2.05) is 29.2 Å². The molecule has 0 saturated carbocycles. The summed E-state index contributed by atoms with van der Waals surface area (Å²) in [4.78, 5) is 30.6. The number of hydrogen-bond acceptors (Lipinski definition) is 8. The van der Waals surface area contributed by atoms with Gasteiger partial charge in [-0.25, -0.2) is 4.98 Å². The molecule has 1 saturated heterocycles. The van der Waals surface area contributed by atoms with Crippen LogP contribution in [0.3, 0.4) is 0 Å². The molecule has 10 heteroatoms. The van der Waals surface area contributed by atoms with Crippen molar-refractivity contribution in [1.29, 1.82) is 0 Å². The normalized spacial score (nSPS) is 14.1. The Morgan fingerprint density at radius 2 is 1.96 bits per heavy atom. The van der Waals surface area contributed by atoms with E-state index in [1.54, 1.807) is 0 Å². The number of aromatic nitrogens is 3. The smallest absolute Gasteiger partial charge is 0.286 e. The highest BCUT2D eigenvalue weighted by Crippen LogP contribution is 2.27. The number of hydrogen-bond donors (Lipinski definition) is 1. The largest absolute Gasteiger partial charge is 0.342 e. The highest BCUT2D eigenvalue weighted by atomic mass is 32.2. The fourth-order valence-corrected chi connectivity index (χ4v) is 5.13. The van der Waals surface area contributed by atoms with Gasteiger partial charge in [-0.3, -0.25) is 14.9 Å². The van der Waals surface area contributed by atoms with Gasteiger partial charge in [-0.1, -0.05) is 35.2 Å². The summed E-state index contributed by atoms with van der Waals surface area (Å²) < 4.78 is 1.63. The van der Waals surface area contributed by atoms with Gasteiger partial charge in [0.25, 0.3) is 5.91 Å². The van der Waals surface area contributed by atoms with Crippen LogP contribution in [0.2, 0.25) is 0 Å². The Balaban J connectivity index is 1.35. The second kappa shape index (κ2) is 7.68. The first-order valence-corrected chi connectivity index (χ1v) is 10.7. The van der Waals surface area contributed by atoms with Crippen molar-refractivity contribution in [1.82, 2.24) is 20.1 Å². The van der Waals surface area contributed by atoms with Crippen molar-refractivity contribution in [3.05, 3.63) is 29.3 Å². The monoisotopic (exact) mass is 405 g/mol. The van der Waals surface area contributed by atoms with Gasteiger partial charge in [0, 0.05) is 13.1 Å². The summed E-state index contributed by atoms with van der Waals surface area (Å²) in [6, 6.07) is 7.61. The minimum Gasteiger partial charge on any atom is -0.342 e. The molecule has 0 atom stereocenters. The predicted octanol–water partition coefficient (Wildman–Crippen LogP) is 3.11. The Labute approximate surface area is 161 Å². The first-order chi connectivity index (χ1) is 12.7. The number of thioether (sulfide) groups is 1. The summed E-state index contributed by atoms with van der Waals surface area (Å²) in [6.45, 7) is 1.69. The first kappa shape index (κ1) is 17.4. The molecule has 26 heavy (non-hydrogen) atoms. The van der Waals surface area contributed by atoms with Crippen LogP contribution in [-0.2, 0) is 4.79 Å². The first-order valence-electron chi connectivity index (χ1n) is 8.10. The molecule has 134 valence electrons. The molecule has 1 aliphatic rings. The standard InChI is InChI=1S/C16H15N5O2S3/c22-12(21-7-3-4-8-21)9-24-16-20-19-15(26-16)18-13(23)14-17-10-5-1-2-6-11(10)25-14/h1-2,5-6H,3-4,7-9H2,(H,18,19,23). The van der Waals surface area contributed by atoms with Crippen LogP contribution in [0, 0.1) is 0 Å². The summed E-state index contributed by atoms with van der Waals surface area (Å²) in [7, 11) is 0. The summed E-state index contributed by atoms with van der Waals surface area (Å²) >= 11 is 3.95. The van der Waals surface area contributed by atoms with Gasteiger partial charge in [-0.15, -0.1) is 21.5 Å². The molecule has 0 radical (unpaired) electrons. The van der Waals surface area contributed by atoms with Gasteiger partial charge >= 0.3 is 0 Å². The van der Waals surface area contributed by atoms with Crippen LogP contribution in [0.5, 0.6) is 0 Å². The highest BCUT2D eigenvalue weighted by Gasteiger charge is 2.19. The van der Waals surface area contributed by atoms with Gasteiger partial charge in [0.1, 0.15) is 0 Å². The third-order valence-electron chi connectivity index (χ3n) is 3.89. The number of rotatable bonds is 5. The Morgan fingerprint density at radius 1 is 1.15 bits per heavy atom. The molecule has 2 amide bonds. The third-order valence-corrected chi connectivity index (χ3v) is 6.88. The van der Waals surface area contributed by atoms with Crippen molar-refractivity contribution in [2.75, 3.05) is 24.2 Å². The van der Waals surface area contributed by atoms with Crippen molar-refractivity contribution in [2.45, 2.75) is 17.2 Å². The van der Waals surface area contributed by atoms with Crippen molar-refractivity contribution in [3.8, 4) is 0 Å². The summed E-state index contributed by atoms with van der Waals surface area (Å²) in [5.41, 5.74) is 0.802. The van der Waals surface area contributed by atoms with Crippen LogP contribution >= 0.6 is 34.4 Å². The Bertz CT molecular complexity index is 915. The van der Waals surface area contributed by atoms with E-state index in [-0.39, 0.29) is 11.8 Å². The lowest BCUT2D eigenvalue weighted by Crippen LogP contribution is -2.29. The maximum absolute atomic E-state index is 12.3. The summed E-state index contributed by atoms with van der Waals surface area (Å²) in [5.74, 6) is 0.176. The number of likely N-dealkylation sites (tertiary alicyclic amines) is 1. The molecule has 3 heterocycles. The van der Waals surface area contributed by atoms with E-state index in [2.05, 4.69) is 20.5 Å². The van der Waals surface area contributed by atoms with Gasteiger partial charge < -0.3 is 4.90 Å². The number of benzene rings is 1. The molecule has 1 N–H and O–H groups in total. The van der Waals surface area contributed by atoms with Crippen LogP contribution < -0.4 is 5.32 Å². The topological polar surface area (TPSA) is 88.1 Å². The Kier molecular flexibility index (Phi) is 5.14. The molecule has 7 nitrogen and oxygen atoms in total. The average molecular weight is 406 g/mol. The molecule has 1 fully saturated rings. The van der Waals surface area contributed by atoms with Gasteiger partial charge in [-0.2, -0.15) is 0 Å². The second-order valence-electron chi connectivity index (χ2n) is 5.69. The zero-order valence-electron chi connectivity index (χ0n) is 13.7. The number of anilines is 1. The highest BCUT2D eigenvalue weighted by molar-refractivity contribution is 8.01. The Hall–Kier alpha value is -2.04. The lowest BCUT2D eigenvalue weighted by molar-refractivity contribution is -0.127. The van der Waals surface area contributed by atoms with E-state index in [1.165, 1.54) is 34.4 Å². The summed E-state index contributed by atoms with van der Waals surface area (Å²) in [5, 5.41) is 11.5. The van der Waals surface area contributed by atoms with Crippen molar-refractivity contribution >= 4 is 61.6 Å². The molecule has 4 rings (SSSR count). The number of amides is 2. The van der Waals surface area contributed by atoms with E-state index in [0.29, 0.717) is 20.2 Å². The van der Waals surface area contributed by atoms with Crippen molar-refractivity contribution in [3.63, 3.8) is 0 Å². The maximum Gasteiger partial charge on any atom is 0.286 e. The van der Waals surface area contributed by atoms with Crippen LogP contribution in [0.1, 0.15) is 22.6 Å². The minimum absolute atomic E-state index is 0.128. The number of nitrogens with zero attached hydrogens (tertiary/aromatic N) is 4. The third kappa shape index (κ3) is 3.87. The van der Waals surface area contributed by atoms with Gasteiger partial charge in [0.2, 0.25) is 11.0 Å². The van der Waals surface area contributed by atoms with Gasteiger partial charge in [0.15, 0.2) is 9.35 Å². The molecule has 0 unspecified atom stereocenters. The number of thiazole rings is 1. The molecule has 1 aliphatic heterocycles. The second-order valence-corrected chi connectivity index (χ2v) is 8.92. The number of carbonyl (C=O) groups excluding carboxylic acids is 2. The fourth-order valence-electron chi connectivity index (χ4n) is 2.62. The molecule has 0 bridgehead atoms. The SMILES string of the molecule is O=C(Nc1nnc(SCC(=O)N2CCCC2)s1)c1nc2ccccc2s1. The lowest BCUT2D eigenvalue weighted by atomic mass is 10.3. The van der Waals surface area contributed by atoms with Crippen molar-refractivity contribution in [2.24, 2.45) is 0 Å². The van der Waals surface area contributed by atoms with Gasteiger partial charge in [-0.05, 0) is 25.0 Å². The molecular formula is C16H15N5O2S3. The van der Waals surface area contributed by atoms with E-state index >= 15 is 0 Å². The van der Waals surface area contributed by atoms with Crippen LogP contribution in [0.4, 0.5) is 5.13 Å². The van der Waals surface area contributed by atoms with Crippen LogP contribution in [-0.4, -0.2) is 50.7 Å². The molecule has 1 aromatic carbocycles. The molecule has 2 aromatic heterocycles. The van der Waals surface area contributed by atoms with Crippen molar-refractivity contribution < 1.29 is 9.59 Å². The average Bonchev–Trinajstić information content (AvgIpc) is 3.39. The Morgan fingerprint density at radius 3 is 2.77 bits per heavy atom. The van der Waals surface area contributed by atoms with Crippen LogP contribution in [0.15, 0.2) is 28.6 Å². The number of fused-ring (bicyclic) bond motifs is 1. The van der Waals surface area contributed by atoms with E-state index in [4.69, 9.17) is 0 Å². The van der Waals surface area contributed by atoms with Crippen LogP contribution in [0.25, 0.3) is 10.2 Å². The predicted molar refractivity (Wildman–Crippen MR) is 104 cm³/mol. The number of nitrogens with one attached hydrogen (secondary N) is 1. The maximum atomic E-state index is 12.3. The molecular weight excluding hydrogens is 390 g/mol. The zero-order valence-corrected chi connectivity index (χ0v) is 16.1. The summed E-state index contributed by atoms with van der Waals surface area (Å²) in [6.07, 6.45) is 2.16. The molecule has 0 aliphatic carbocycles. The van der Waals surface area contributed by atoms with E-state index in [9.17, 15) is 9.59 Å². The minimum atomic E-state index is -0.299. The molecule has 0 spiro atoms. The van der Waals surface area contributed by atoms with E-state index < -0.39 is 0 Å². The van der Waals surface area contributed by atoms with E-state index in [0.717, 1.165) is 36.1 Å². The number of para-hydroxylation sites is 1. The number of carbonyl (C=O) groups is 2. The van der Waals surface area contributed by atoms with Gasteiger partial charge in [0.05, 0.1) is 16.0 Å². The fraction of sp³-hybridized carbons (Fsp3) is 0.312.